The third-order valence-electron chi connectivity index (χ3n) is 7.91. The maximum atomic E-state index is 7.21. The van der Waals surface area contributed by atoms with Crippen molar-refractivity contribution in [1.82, 2.24) is 9.78 Å². The molecule has 0 fully saturated rings. The van der Waals surface area contributed by atoms with Crippen molar-refractivity contribution >= 4 is 11.4 Å². The Labute approximate surface area is 223 Å². The number of rotatable bonds is 3. The van der Waals surface area contributed by atoms with E-state index in [4.69, 9.17) is 9.84 Å². The fraction of sp³-hybridized carbons (Fsp3) is 0.182. The number of fused-ring (bicyclic) bond motifs is 9. The third kappa shape index (κ3) is 2.96. The molecule has 1 aliphatic heterocycles. The summed E-state index contributed by atoms with van der Waals surface area (Å²) in [4.78, 5) is 4.31. The summed E-state index contributed by atoms with van der Waals surface area (Å²) in [7, 11) is 8.35. The molecule has 5 nitrogen and oxygen atoms in total. The van der Waals surface area contributed by atoms with Gasteiger partial charge in [0.1, 0.15) is 5.75 Å². The van der Waals surface area contributed by atoms with E-state index in [1.165, 1.54) is 11.1 Å². The second kappa shape index (κ2) is 7.99. The molecule has 0 amide bonds. The average Bonchev–Trinajstić information content (AvgIpc) is 3.42. The number of para-hydroxylation sites is 2. The molecule has 2 aliphatic rings. The van der Waals surface area contributed by atoms with Gasteiger partial charge in [-0.15, -0.1) is 0 Å². The number of ether oxygens (including phenoxy) is 1. The molecule has 1 aromatic heterocycles. The Morgan fingerprint density at radius 3 is 1.87 bits per heavy atom. The summed E-state index contributed by atoms with van der Waals surface area (Å²) < 4.78 is 9.30. The number of nitrogens with zero attached hydrogens (tertiary/aromatic N) is 4. The quantitative estimate of drug-likeness (QED) is 0.279. The van der Waals surface area contributed by atoms with E-state index in [1.54, 1.807) is 0 Å². The van der Waals surface area contributed by atoms with Crippen LogP contribution in [0.2, 0.25) is 0 Å². The van der Waals surface area contributed by atoms with Crippen molar-refractivity contribution in [3.8, 4) is 33.8 Å². The van der Waals surface area contributed by atoms with Crippen LogP contribution in [-0.4, -0.2) is 38.0 Å². The first-order valence-electron chi connectivity index (χ1n) is 13.0. The molecule has 0 atom stereocenters. The van der Waals surface area contributed by atoms with Crippen LogP contribution in [0.1, 0.15) is 22.4 Å². The highest BCUT2D eigenvalue weighted by Crippen LogP contribution is 2.60. The van der Waals surface area contributed by atoms with E-state index < -0.39 is 5.60 Å². The van der Waals surface area contributed by atoms with Crippen LogP contribution in [0.5, 0.6) is 5.75 Å². The number of hydrogen-bond donors (Lipinski definition) is 0. The lowest BCUT2D eigenvalue weighted by atomic mass is 9.79. The Balaban J connectivity index is 1.61. The summed E-state index contributed by atoms with van der Waals surface area (Å²) >= 11 is 0. The first-order valence-corrected chi connectivity index (χ1v) is 13.0. The van der Waals surface area contributed by atoms with E-state index in [1.807, 2.05) is 6.07 Å². The van der Waals surface area contributed by atoms with Crippen LogP contribution < -0.4 is 14.5 Å². The second-order valence-corrected chi connectivity index (χ2v) is 10.6. The van der Waals surface area contributed by atoms with Crippen molar-refractivity contribution in [2.24, 2.45) is 0 Å². The highest BCUT2D eigenvalue weighted by molar-refractivity contribution is 5.90. The highest BCUT2D eigenvalue weighted by atomic mass is 16.5. The molecular formula is C33H30N4O. The molecule has 5 heteroatoms. The van der Waals surface area contributed by atoms with Crippen LogP contribution in [0.3, 0.4) is 0 Å². The lowest BCUT2D eigenvalue weighted by Crippen LogP contribution is -2.37. The minimum absolute atomic E-state index is 0.804. The maximum Gasteiger partial charge on any atom is 0.189 e. The van der Waals surface area contributed by atoms with Gasteiger partial charge >= 0.3 is 0 Å². The van der Waals surface area contributed by atoms with Crippen molar-refractivity contribution in [3.63, 3.8) is 0 Å². The van der Waals surface area contributed by atoms with Gasteiger partial charge in [-0.25, -0.2) is 4.68 Å². The molecule has 0 saturated carbocycles. The first kappa shape index (κ1) is 22.7. The van der Waals surface area contributed by atoms with Gasteiger partial charge < -0.3 is 14.5 Å². The van der Waals surface area contributed by atoms with Gasteiger partial charge in [0.05, 0.1) is 22.6 Å². The van der Waals surface area contributed by atoms with Gasteiger partial charge in [-0.3, -0.25) is 0 Å². The lowest BCUT2D eigenvalue weighted by molar-refractivity contribution is 0.156. The molecule has 2 heterocycles. The fourth-order valence-electron chi connectivity index (χ4n) is 6.13. The number of benzene rings is 4. The van der Waals surface area contributed by atoms with Crippen molar-refractivity contribution in [1.29, 1.82) is 0 Å². The monoisotopic (exact) mass is 498 g/mol. The van der Waals surface area contributed by atoms with E-state index >= 15 is 0 Å². The summed E-state index contributed by atoms with van der Waals surface area (Å²) in [6, 6.07) is 32.2. The molecule has 7 rings (SSSR count). The first-order chi connectivity index (χ1) is 18.4. The van der Waals surface area contributed by atoms with Crippen LogP contribution in [0.4, 0.5) is 11.4 Å². The van der Waals surface area contributed by atoms with Crippen molar-refractivity contribution in [2.75, 3.05) is 38.0 Å². The van der Waals surface area contributed by atoms with Gasteiger partial charge in [0.15, 0.2) is 5.60 Å². The Hall–Kier alpha value is -4.51. The van der Waals surface area contributed by atoms with Crippen LogP contribution in [0.15, 0.2) is 91.0 Å². The zero-order chi connectivity index (χ0) is 26.2. The minimum Gasteiger partial charge on any atom is -0.472 e. The zero-order valence-electron chi connectivity index (χ0n) is 22.4. The molecule has 1 spiro atoms. The molecule has 188 valence electrons. The largest absolute Gasteiger partial charge is 0.472 e. The summed E-state index contributed by atoms with van der Waals surface area (Å²) in [6.07, 6.45) is 0. The third-order valence-corrected chi connectivity index (χ3v) is 7.91. The summed E-state index contributed by atoms with van der Waals surface area (Å²) in [6.45, 7) is 2.11. The molecule has 38 heavy (non-hydrogen) atoms. The summed E-state index contributed by atoms with van der Waals surface area (Å²) in [5.74, 6) is 0.865. The molecule has 5 aromatic rings. The number of aromatic nitrogens is 2. The van der Waals surface area contributed by atoms with E-state index in [0.29, 0.717) is 0 Å². The average molecular weight is 499 g/mol. The van der Waals surface area contributed by atoms with Crippen molar-refractivity contribution in [2.45, 2.75) is 12.5 Å². The molecule has 1 aliphatic carbocycles. The number of hydrogen-bond acceptors (Lipinski definition) is 4. The number of anilines is 2. The second-order valence-electron chi connectivity index (χ2n) is 10.6. The van der Waals surface area contributed by atoms with E-state index in [0.717, 1.165) is 56.5 Å². The smallest absolute Gasteiger partial charge is 0.189 e. The minimum atomic E-state index is -0.804. The fourth-order valence-corrected chi connectivity index (χ4v) is 6.13. The molecule has 0 N–H and O–H groups in total. The van der Waals surface area contributed by atoms with Crippen LogP contribution in [0, 0.1) is 6.92 Å². The lowest BCUT2D eigenvalue weighted by Gasteiger charge is -2.38. The highest BCUT2D eigenvalue weighted by Gasteiger charge is 2.53. The SMILES string of the molecule is Cc1nn(-c2ccccc2)c2c1C1(Oc3ccccc3-2)c2ccc(N(C)C)cc2-c2cc(N(C)C)ccc21. The Morgan fingerprint density at radius 1 is 0.684 bits per heavy atom. The van der Waals surface area contributed by atoms with E-state index in [9.17, 15) is 0 Å². The predicted octanol–water partition coefficient (Wildman–Crippen LogP) is 6.64. The van der Waals surface area contributed by atoms with Gasteiger partial charge in [-0.1, -0.05) is 42.5 Å². The number of aryl methyl sites for hydroxylation is 1. The topological polar surface area (TPSA) is 33.5 Å². The maximum absolute atomic E-state index is 7.21. The van der Waals surface area contributed by atoms with Crippen molar-refractivity contribution in [3.05, 3.63) is 113 Å². The standard InChI is InChI=1S/C33H30N4O/c1-21-31-32(37(34-21)22-11-7-6-8-12-22)25-13-9-10-14-30(25)38-33(31)28-17-15-23(35(2)3)19-26(28)27-20-24(36(4)5)16-18-29(27)33/h6-20H,1-5H3. The Bertz CT molecular complexity index is 1660. The summed E-state index contributed by atoms with van der Waals surface area (Å²) in [5.41, 5.74) is 11.5. The van der Waals surface area contributed by atoms with E-state index in [2.05, 4.69) is 135 Å². The van der Waals surface area contributed by atoms with Crippen LogP contribution in [0.25, 0.3) is 28.1 Å². The van der Waals surface area contributed by atoms with Crippen molar-refractivity contribution < 1.29 is 4.74 Å². The molecule has 4 aromatic carbocycles. The Kier molecular flexibility index (Phi) is 4.77. The van der Waals surface area contributed by atoms with Crippen LogP contribution >= 0.6 is 0 Å². The predicted molar refractivity (Wildman–Crippen MR) is 155 cm³/mol. The van der Waals surface area contributed by atoms with E-state index in [-0.39, 0.29) is 0 Å². The van der Waals surface area contributed by atoms with Gasteiger partial charge in [-0.2, -0.15) is 5.10 Å². The molecule has 0 unspecified atom stereocenters. The molecular weight excluding hydrogens is 468 g/mol. The van der Waals surface area contributed by atoms with Gasteiger partial charge in [0, 0.05) is 56.3 Å². The summed E-state index contributed by atoms with van der Waals surface area (Å²) in [5, 5.41) is 5.14. The Morgan fingerprint density at radius 2 is 1.26 bits per heavy atom. The zero-order valence-corrected chi connectivity index (χ0v) is 22.4. The normalized spacial score (nSPS) is 13.8. The molecule has 0 radical (unpaired) electrons. The van der Waals surface area contributed by atoms with Gasteiger partial charge in [0.25, 0.3) is 0 Å². The molecule has 0 bridgehead atoms. The van der Waals surface area contributed by atoms with Crippen LogP contribution in [-0.2, 0) is 5.60 Å². The van der Waals surface area contributed by atoms with Gasteiger partial charge in [-0.05, 0) is 66.6 Å². The molecule has 0 saturated heterocycles. The van der Waals surface area contributed by atoms with Gasteiger partial charge in [0.2, 0.25) is 0 Å².